The lowest BCUT2D eigenvalue weighted by Crippen LogP contribution is -2.49. The standard InChI is InChI=1S/C14H20Cl2N2OS/c1-9(12-5-13(15)20-14(12)16)17-6-11-7-18-4-2-3-10(18)8-19-11/h5,9-11,17H,2-4,6-8H2,1H3. The van der Waals surface area contributed by atoms with Crippen LogP contribution in [0.3, 0.4) is 0 Å². The van der Waals surface area contributed by atoms with Crippen LogP contribution in [0.15, 0.2) is 6.07 Å². The van der Waals surface area contributed by atoms with Gasteiger partial charge >= 0.3 is 0 Å². The Labute approximate surface area is 134 Å². The van der Waals surface area contributed by atoms with Gasteiger partial charge in [0.25, 0.3) is 0 Å². The van der Waals surface area contributed by atoms with Crippen LogP contribution in [0.25, 0.3) is 0 Å². The third-order valence-corrected chi connectivity index (χ3v) is 5.78. The molecule has 1 aromatic heterocycles. The van der Waals surface area contributed by atoms with Gasteiger partial charge in [-0.1, -0.05) is 23.2 Å². The van der Waals surface area contributed by atoms with E-state index < -0.39 is 0 Å². The fourth-order valence-electron chi connectivity index (χ4n) is 3.08. The van der Waals surface area contributed by atoms with Crippen LogP contribution in [0.1, 0.15) is 31.4 Å². The van der Waals surface area contributed by atoms with E-state index in [2.05, 4.69) is 17.1 Å². The maximum absolute atomic E-state index is 6.19. The first-order valence-corrected chi connectivity index (χ1v) is 8.74. The highest BCUT2D eigenvalue weighted by Gasteiger charge is 2.32. The van der Waals surface area contributed by atoms with Crippen LogP contribution in [-0.2, 0) is 4.74 Å². The van der Waals surface area contributed by atoms with Crippen molar-refractivity contribution in [3.8, 4) is 0 Å². The van der Waals surface area contributed by atoms with E-state index in [1.165, 1.54) is 30.7 Å². The molecular formula is C14H20Cl2N2OS. The second-order valence-electron chi connectivity index (χ2n) is 5.66. The predicted molar refractivity (Wildman–Crippen MR) is 85.1 cm³/mol. The molecule has 0 spiro atoms. The molecule has 2 aliphatic rings. The summed E-state index contributed by atoms with van der Waals surface area (Å²) in [6.07, 6.45) is 2.88. The fourth-order valence-corrected chi connectivity index (χ4v) is 4.72. The largest absolute Gasteiger partial charge is 0.374 e. The van der Waals surface area contributed by atoms with Crippen LogP contribution in [0.4, 0.5) is 0 Å². The average molecular weight is 335 g/mol. The summed E-state index contributed by atoms with van der Waals surface area (Å²) >= 11 is 13.6. The molecule has 2 fully saturated rings. The van der Waals surface area contributed by atoms with Gasteiger partial charge in [-0.3, -0.25) is 4.90 Å². The zero-order chi connectivity index (χ0) is 14.1. The Bertz CT molecular complexity index is 468. The van der Waals surface area contributed by atoms with Crippen molar-refractivity contribution in [2.75, 3.05) is 26.2 Å². The third kappa shape index (κ3) is 3.32. The SMILES string of the molecule is CC(NCC1CN2CCCC2CO1)c1cc(Cl)sc1Cl. The number of hydrogen-bond acceptors (Lipinski definition) is 4. The highest BCUT2D eigenvalue weighted by molar-refractivity contribution is 7.20. The van der Waals surface area contributed by atoms with Crippen LogP contribution >= 0.6 is 34.5 Å². The summed E-state index contributed by atoms with van der Waals surface area (Å²) in [5, 5.41) is 3.51. The molecule has 3 rings (SSSR count). The maximum atomic E-state index is 6.19. The van der Waals surface area contributed by atoms with Gasteiger partial charge < -0.3 is 10.1 Å². The van der Waals surface area contributed by atoms with Crippen molar-refractivity contribution in [1.82, 2.24) is 10.2 Å². The van der Waals surface area contributed by atoms with Crippen molar-refractivity contribution in [3.05, 3.63) is 20.3 Å². The topological polar surface area (TPSA) is 24.5 Å². The number of hydrogen-bond donors (Lipinski definition) is 1. The molecule has 0 aromatic carbocycles. The molecule has 3 nitrogen and oxygen atoms in total. The molecule has 112 valence electrons. The molecule has 3 heterocycles. The molecule has 2 saturated heterocycles. The number of nitrogens with one attached hydrogen (secondary N) is 1. The van der Waals surface area contributed by atoms with Gasteiger partial charge in [-0.05, 0) is 37.9 Å². The van der Waals surface area contributed by atoms with Crippen molar-refractivity contribution in [2.24, 2.45) is 0 Å². The molecule has 2 aliphatic heterocycles. The third-order valence-electron chi connectivity index (χ3n) is 4.26. The number of halogens is 2. The number of morpholine rings is 1. The second-order valence-corrected chi connectivity index (χ2v) is 7.94. The minimum absolute atomic E-state index is 0.200. The summed E-state index contributed by atoms with van der Waals surface area (Å²) in [7, 11) is 0. The van der Waals surface area contributed by atoms with Crippen LogP contribution in [0.2, 0.25) is 8.67 Å². The Morgan fingerprint density at radius 3 is 3.15 bits per heavy atom. The predicted octanol–water partition coefficient (Wildman–Crippen LogP) is 3.57. The summed E-state index contributed by atoms with van der Waals surface area (Å²) in [4.78, 5) is 2.56. The smallest absolute Gasteiger partial charge is 0.0991 e. The summed E-state index contributed by atoms with van der Waals surface area (Å²) in [6.45, 7) is 6.13. The van der Waals surface area contributed by atoms with Crippen LogP contribution in [0, 0.1) is 0 Å². The van der Waals surface area contributed by atoms with Gasteiger partial charge in [0.15, 0.2) is 0 Å². The van der Waals surface area contributed by atoms with Gasteiger partial charge in [-0.15, -0.1) is 11.3 Å². The molecule has 6 heteroatoms. The van der Waals surface area contributed by atoms with Crippen molar-refractivity contribution in [3.63, 3.8) is 0 Å². The van der Waals surface area contributed by atoms with Crippen LogP contribution in [-0.4, -0.2) is 43.3 Å². The van der Waals surface area contributed by atoms with E-state index in [4.69, 9.17) is 27.9 Å². The van der Waals surface area contributed by atoms with E-state index in [0.29, 0.717) is 6.04 Å². The molecular weight excluding hydrogens is 315 g/mol. The molecule has 0 saturated carbocycles. The van der Waals surface area contributed by atoms with Gasteiger partial charge in [-0.25, -0.2) is 0 Å². The number of thiophene rings is 1. The highest BCUT2D eigenvalue weighted by atomic mass is 35.5. The van der Waals surface area contributed by atoms with Crippen LogP contribution < -0.4 is 5.32 Å². The highest BCUT2D eigenvalue weighted by Crippen LogP contribution is 2.34. The van der Waals surface area contributed by atoms with E-state index in [0.717, 1.165) is 33.9 Å². The van der Waals surface area contributed by atoms with Crippen LogP contribution in [0.5, 0.6) is 0 Å². The quantitative estimate of drug-likeness (QED) is 0.910. The summed E-state index contributed by atoms with van der Waals surface area (Å²) in [5.41, 5.74) is 1.08. The van der Waals surface area contributed by atoms with Gasteiger partial charge in [0.2, 0.25) is 0 Å². The van der Waals surface area contributed by atoms with Gasteiger partial charge in [0.05, 0.1) is 21.4 Å². The number of ether oxygens (including phenoxy) is 1. The summed E-state index contributed by atoms with van der Waals surface area (Å²) < 4.78 is 7.47. The first-order chi connectivity index (χ1) is 9.63. The Morgan fingerprint density at radius 1 is 1.55 bits per heavy atom. The van der Waals surface area contributed by atoms with Crippen molar-refractivity contribution in [1.29, 1.82) is 0 Å². The summed E-state index contributed by atoms with van der Waals surface area (Å²) in [5.74, 6) is 0. The molecule has 1 aromatic rings. The number of nitrogens with zero attached hydrogens (tertiary/aromatic N) is 1. The fraction of sp³-hybridized carbons (Fsp3) is 0.714. The monoisotopic (exact) mass is 334 g/mol. The number of rotatable bonds is 4. The first-order valence-electron chi connectivity index (χ1n) is 7.17. The Kier molecular flexibility index (Phi) is 4.90. The zero-order valence-electron chi connectivity index (χ0n) is 11.6. The molecule has 1 N–H and O–H groups in total. The van der Waals surface area contributed by atoms with Crippen molar-refractivity contribution < 1.29 is 4.74 Å². The maximum Gasteiger partial charge on any atom is 0.0991 e. The Hall–Kier alpha value is 0.160. The van der Waals surface area contributed by atoms with E-state index in [9.17, 15) is 0 Å². The van der Waals surface area contributed by atoms with E-state index in [-0.39, 0.29) is 12.1 Å². The minimum atomic E-state index is 0.200. The van der Waals surface area contributed by atoms with Gasteiger partial charge in [-0.2, -0.15) is 0 Å². The number of fused-ring (bicyclic) bond motifs is 1. The molecule has 0 radical (unpaired) electrons. The summed E-state index contributed by atoms with van der Waals surface area (Å²) in [6, 6.07) is 2.81. The van der Waals surface area contributed by atoms with E-state index >= 15 is 0 Å². The lowest BCUT2D eigenvalue weighted by molar-refractivity contribution is -0.0477. The van der Waals surface area contributed by atoms with E-state index in [1.807, 2.05) is 6.07 Å². The minimum Gasteiger partial charge on any atom is -0.374 e. The Morgan fingerprint density at radius 2 is 2.40 bits per heavy atom. The van der Waals surface area contributed by atoms with Gasteiger partial charge in [0.1, 0.15) is 0 Å². The second kappa shape index (κ2) is 6.51. The first kappa shape index (κ1) is 15.1. The molecule has 0 bridgehead atoms. The lowest BCUT2D eigenvalue weighted by atomic mass is 10.1. The molecule has 20 heavy (non-hydrogen) atoms. The molecule has 3 unspecified atom stereocenters. The van der Waals surface area contributed by atoms with Crippen molar-refractivity contribution in [2.45, 2.75) is 38.0 Å². The van der Waals surface area contributed by atoms with Gasteiger partial charge in [0, 0.05) is 25.2 Å². The molecule has 0 amide bonds. The molecule has 0 aliphatic carbocycles. The average Bonchev–Trinajstić information content (AvgIpc) is 3.01. The normalized spacial score (nSPS) is 28.6. The Balaban J connectivity index is 1.50. The zero-order valence-corrected chi connectivity index (χ0v) is 13.9. The molecule has 3 atom stereocenters. The lowest BCUT2D eigenvalue weighted by Gasteiger charge is -2.35. The van der Waals surface area contributed by atoms with E-state index in [1.54, 1.807) is 0 Å². The van der Waals surface area contributed by atoms with Crippen molar-refractivity contribution >= 4 is 34.5 Å².